The first kappa shape index (κ1) is 15.6. The number of nitrogens with zero attached hydrogens (tertiary/aromatic N) is 1. The van der Waals surface area contributed by atoms with Crippen LogP contribution in [0.1, 0.15) is 47.0 Å². The molecule has 3 nitrogen and oxygen atoms in total. The van der Waals surface area contributed by atoms with Crippen LogP contribution in [0.3, 0.4) is 0 Å². The van der Waals surface area contributed by atoms with Crippen LogP contribution in [0.15, 0.2) is 0 Å². The van der Waals surface area contributed by atoms with Crippen LogP contribution in [0.2, 0.25) is 0 Å². The van der Waals surface area contributed by atoms with Crippen LogP contribution in [-0.4, -0.2) is 52.8 Å². The summed E-state index contributed by atoms with van der Waals surface area (Å²) in [4.78, 5) is 2.68. The number of hydrogen-bond acceptors (Lipinski definition) is 4. The number of thioether (sulfide) groups is 1. The molecular formula is C15H30N2OS. The SMILES string of the molecule is CCC1(C)CC(CN)(N2CC(C)SC(C)C2)CCO1. The minimum Gasteiger partial charge on any atom is -0.375 e. The van der Waals surface area contributed by atoms with Crippen LogP contribution in [0.5, 0.6) is 0 Å². The Kier molecular flexibility index (Phi) is 4.87. The molecule has 112 valence electrons. The summed E-state index contributed by atoms with van der Waals surface area (Å²) in [6.45, 7) is 13.1. The van der Waals surface area contributed by atoms with Crippen LogP contribution in [0, 0.1) is 0 Å². The Labute approximate surface area is 122 Å². The van der Waals surface area contributed by atoms with Gasteiger partial charge in [0.15, 0.2) is 0 Å². The number of rotatable bonds is 3. The monoisotopic (exact) mass is 286 g/mol. The highest BCUT2D eigenvalue weighted by atomic mass is 32.2. The molecule has 2 heterocycles. The fraction of sp³-hybridized carbons (Fsp3) is 1.00. The van der Waals surface area contributed by atoms with Crippen molar-refractivity contribution in [3.05, 3.63) is 0 Å². The maximum Gasteiger partial charge on any atom is 0.0670 e. The van der Waals surface area contributed by atoms with Crippen LogP contribution >= 0.6 is 11.8 Å². The first-order valence-corrected chi connectivity index (χ1v) is 8.62. The van der Waals surface area contributed by atoms with Gasteiger partial charge in [0.2, 0.25) is 0 Å². The summed E-state index contributed by atoms with van der Waals surface area (Å²) in [5.41, 5.74) is 6.40. The molecule has 4 unspecified atom stereocenters. The van der Waals surface area contributed by atoms with Gasteiger partial charge in [-0.05, 0) is 26.2 Å². The van der Waals surface area contributed by atoms with Crippen LogP contribution < -0.4 is 5.73 Å². The van der Waals surface area contributed by atoms with Gasteiger partial charge in [0, 0.05) is 42.3 Å². The van der Waals surface area contributed by atoms with Gasteiger partial charge in [-0.15, -0.1) is 0 Å². The summed E-state index contributed by atoms with van der Waals surface area (Å²) < 4.78 is 6.03. The predicted molar refractivity (Wildman–Crippen MR) is 83.8 cm³/mol. The summed E-state index contributed by atoms with van der Waals surface area (Å²) >= 11 is 2.11. The summed E-state index contributed by atoms with van der Waals surface area (Å²) in [5.74, 6) is 0. The van der Waals surface area contributed by atoms with Crippen LogP contribution in [0.25, 0.3) is 0 Å². The van der Waals surface area contributed by atoms with Crippen molar-refractivity contribution in [3.63, 3.8) is 0 Å². The second-order valence-corrected chi connectivity index (χ2v) is 8.55. The molecule has 0 amide bonds. The average Bonchev–Trinajstić information content (AvgIpc) is 2.37. The van der Waals surface area contributed by atoms with Gasteiger partial charge < -0.3 is 10.5 Å². The summed E-state index contributed by atoms with van der Waals surface area (Å²) in [5, 5.41) is 1.42. The third-order valence-corrected chi connectivity index (χ3v) is 6.17. The lowest BCUT2D eigenvalue weighted by atomic mass is 9.77. The molecule has 2 fully saturated rings. The van der Waals surface area contributed by atoms with E-state index in [0.717, 1.165) is 32.4 Å². The van der Waals surface area contributed by atoms with Gasteiger partial charge in [-0.1, -0.05) is 20.8 Å². The minimum absolute atomic E-state index is 0.00862. The molecule has 0 aliphatic carbocycles. The van der Waals surface area contributed by atoms with E-state index in [9.17, 15) is 0 Å². The molecule has 2 rings (SSSR count). The summed E-state index contributed by atoms with van der Waals surface area (Å²) in [6, 6.07) is 0. The van der Waals surface area contributed by atoms with E-state index in [4.69, 9.17) is 10.5 Å². The zero-order valence-corrected chi connectivity index (χ0v) is 13.8. The Bertz CT molecular complexity index is 305. The molecule has 4 atom stereocenters. The second kappa shape index (κ2) is 5.92. The Morgan fingerprint density at radius 2 is 1.95 bits per heavy atom. The highest BCUT2D eigenvalue weighted by molar-refractivity contribution is 8.00. The van der Waals surface area contributed by atoms with E-state index in [-0.39, 0.29) is 11.1 Å². The zero-order valence-electron chi connectivity index (χ0n) is 12.9. The van der Waals surface area contributed by atoms with Crippen molar-refractivity contribution in [1.82, 2.24) is 4.90 Å². The number of hydrogen-bond donors (Lipinski definition) is 1. The lowest BCUT2D eigenvalue weighted by molar-refractivity contribution is -0.129. The van der Waals surface area contributed by atoms with E-state index >= 15 is 0 Å². The van der Waals surface area contributed by atoms with Crippen molar-refractivity contribution in [2.45, 2.75) is 68.6 Å². The molecule has 2 aliphatic rings. The van der Waals surface area contributed by atoms with Gasteiger partial charge in [0.1, 0.15) is 0 Å². The molecule has 0 aromatic carbocycles. The molecule has 2 N–H and O–H groups in total. The van der Waals surface area contributed by atoms with E-state index in [2.05, 4.69) is 44.4 Å². The quantitative estimate of drug-likeness (QED) is 0.865. The fourth-order valence-corrected chi connectivity index (χ4v) is 5.01. The van der Waals surface area contributed by atoms with Gasteiger partial charge in [0.05, 0.1) is 5.60 Å². The lowest BCUT2D eigenvalue weighted by Gasteiger charge is -2.54. The molecule has 2 saturated heterocycles. The van der Waals surface area contributed by atoms with E-state index in [1.54, 1.807) is 0 Å². The largest absolute Gasteiger partial charge is 0.375 e. The van der Waals surface area contributed by atoms with Crippen molar-refractivity contribution in [1.29, 1.82) is 0 Å². The molecule has 4 heteroatoms. The zero-order chi connectivity index (χ0) is 14.1. The highest BCUT2D eigenvalue weighted by Crippen LogP contribution is 2.40. The molecular weight excluding hydrogens is 256 g/mol. The fourth-order valence-electron chi connectivity index (χ4n) is 3.69. The van der Waals surface area contributed by atoms with Crippen LogP contribution in [0.4, 0.5) is 0 Å². The molecule has 0 radical (unpaired) electrons. The lowest BCUT2D eigenvalue weighted by Crippen LogP contribution is -2.64. The third kappa shape index (κ3) is 3.29. The Hall–Kier alpha value is 0.230. The standard InChI is InChI=1S/C15H30N2OS/c1-5-14(4)10-15(11-16,6-7-18-14)17-8-12(2)19-13(3)9-17/h12-13H,5-11,16H2,1-4H3. The number of nitrogens with two attached hydrogens (primary N) is 1. The first-order chi connectivity index (χ1) is 8.93. The first-order valence-electron chi connectivity index (χ1n) is 7.67. The van der Waals surface area contributed by atoms with Gasteiger partial charge in [-0.3, -0.25) is 4.90 Å². The maximum absolute atomic E-state index is 6.23. The molecule has 0 bridgehead atoms. The van der Waals surface area contributed by atoms with Crippen molar-refractivity contribution in [2.75, 3.05) is 26.2 Å². The third-order valence-electron chi connectivity index (χ3n) is 4.94. The van der Waals surface area contributed by atoms with E-state index in [1.807, 2.05) is 0 Å². The molecule has 2 aliphatic heterocycles. The predicted octanol–water partition coefficient (Wildman–Crippen LogP) is 2.49. The van der Waals surface area contributed by atoms with Crippen molar-refractivity contribution < 1.29 is 4.74 Å². The average molecular weight is 286 g/mol. The second-order valence-electron chi connectivity index (χ2n) is 6.67. The van der Waals surface area contributed by atoms with Gasteiger partial charge in [0.25, 0.3) is 0 Å². The molecule has 0 aromatic heterocycles. The van der Waals surface area contributed by atoms with Gasteiger partial charge in [-0.25, -0.2) is 0 Å². The van der Waals surface area contributed by atoms with E-state index in [1.165, 1.54) is 13.1 Å². The Morgan fingerprint density at radius 1 is 1.32 bits per heavy atom. The van der Waals surface area contributed by atoms with Crippen molar-refractivity contribution >= 4 is 11.8 Å². The Morgan fingerprint density at radius 3 is 2.47 bits per heavy atom. The van der Waals surface area contributed by atoms with Crippen molar-refractivity contribution in [3.8, 4) is 0 Å². The molecule has 0 spiro atoms. The number of ether oxygens (including phenoxy) is 1. The molecule has 0 aromatic rings. The summed E-state index contributed by atoms with van der Waals surface area (Å²) in [7, 11) is 0. The van der Waals surface area contributed by atoms with E-state index in [0.29, 0.717) is 10.5 Å². The normalized spacial score (nSPS) is 45.3. The van der Waals surface area contributed by atoms with Gasteiger partial charge >= 0.3 is 0 Å². The smallest absolute Gasteiger partial charge is 0.0670 e. The maximum atomic E-state index is 6.23. The van der Waals surface area contributed by atoms with E-state index < -0.39 is 0 Å². The van der Waals surface area contributed by atoms with Crippen LogP contribution in [-0.2, 0) is 4.74 Å². The summed E-state index contributed by atoms with van der Waals surface area (Å²) in [6.07, 6.45) is 3.24. The Balaban J connectivity index is 2.17. The molecule has 0 saturated carbocycles. The molecule has 19 heavy (non-hydrogen) atoms. The van der Waals surface area contributed by atoms with Gasteiger partial charge in [-0.2, -0.15) is 11.8 Å². The topological polar surface area (TPSA) is 38.5 Å². The minimum atomic E-state index is 0.00862. The highest BCUT2D eigenvalue weighted by Gasteiger charge is 2.46. The van der Waals surface area contributed by atoms with Crippen molar-refractivity contribution in [2.24, 2.45) is 5.73 Å².